The number of nitrogens with zero attached hydrogens (tertiary/aromatic N) is 1. The van der Waals surface area contributed by atoms with Crippen LogP contribution in [-0.2, 0) is 4.79 Å². The SMILES string of the molecule is CCOc1cc(/C=N/NC(=O)COc2ccccc2Br)cc(Br)c1O. The molecule has 2 aromatic rings. The average molecular weight is 472 g/mol. The van der Waals surface area contributed by atoms with Gasteiger partial charge in [0.25, 0.3) is 5.91 Å². The first-order chi connectivity index (χ1) is 12.0. The molecule has 0 aliphatic heterocycles. The van der Waals surface area contributed by atoms with Gasteiger partial charge >= 0.3 is 0 Å². The predicted molar refractivity (Wildman–Crippen MR) is 102 cm³/mol. The summed E-state index contributed by atoms with van der Waals surface area (Å²) in [6, 6.07) is 10.5. The van der Waals surface area contributed by atoms with Crippen molar-refractivity contribution in [2.24, 2.45) is 5.10 Å². The Morgan fingerprint density at radius 2 is 1.96 bits per heavy atom. The molecule has 1 amide bonds. The van der Waals surface area contributed by atoms with Gasteiger partial charge in [-0.05, 0) is 68.6 Å². The first kappa shape index (κ1) is 19.3. The molecule has 0 fully saturated rings. The summed E-state index contributed by atoms with van der Waals surface area (Å²) in [4.78, 5) is 11.8. The van der Waals surface area contributed by atoms with Gasteiger partial charge in [-0.15, -0.1) is 0 Å². The molecule has 0 unspecified atom stereocenters. The fraction of sp³-hybridized carbons (Fsp3) is 0.176. The summed E-state index contributed by atoms with van der Waals surface area (Å²) in [5.41, 5.74) is 3.03. The van der Waals surface area contributed by atoms with Crippen LogP contribution in [0.3, 0.4) is 0 Å². The van der Waals surface area contributed by atoms with E-state index in [0.29, 0.717) is 28.1 Å². The quantitative estimate of drug-likeness (QED) is 0.474. The van der Waals surface area contributed by atoms with Gasteiger partial charge in [-0.25, -0.2) is 5.43 Å². The number of aromatic hydroxyl groups is 1. The van der Waals surface area contributed by atoms with Gasteiger partial charge < -0.3 is 14.6 Å². The Morgan fingerprint density at radius 1 is 1.20 bits per heavy atom. The number of phenolic OH excluding ortho intramolecular Hbond substituents is 1. The number of halogens is 2. The minimum atomic E-state index is -0.394. The lowest BCUT2D eigenvalue weighted by atomic mass is 10.2. The fourth-order valence-corrected chi connectivity index (χ4v) is 2.71. The third-order valence-corrected chi connectivity index (χ3v) is 4.21. The van der Waals surface area contributed by atoms with Crippen molar-refractivity contribution in [3.8, 4) is 17.2 Å². The monoisotopic (exact) mass is 470 g/mol. The standard InChI is InChI=1S/C17H16Br2N2O4/c1-2-24-15-8-11(7-13(19)17(15)23)9-20-21-16(22)10-25-14-6-4-3-5-12(14)18/h3-9,23H,2,10H2,1H3,(H,21,22)/b20-9+. The van der Waals surface area contributed by atoms with Crippen LogP contribution in [0.25, 0.3) is 0 Å². The van der Waals surface area contributed by atoms with Crippen LogP contribution in [0, 0.1) is 0 Å². The van der Waals surface area contributed by atoms with Crippen LogP contribution in [0.1, 0.15) is 12.5 Å². The molecule has 25 heavy (non-hydrogen) atoms. The highest BCUT2D eigenvalue weighted by Gasteiger charge is 2.08. The lowest BCUT2D eigenvalue weighted by Gasteiger charge is -2.08. The minimum absolute atomic E-state index is 0.0184. The number of carbonyl (C=O) groups excluding carboxylic acids is 1. The Morgan fingerprint density at radius 3 is 2.68 bits per heavy atom. The largest absolute Gasteiger partial charge is 0.503 e. The highest BCUT2D eigenvalue weighted by Crippen LogP contribution is 2.35. The maximum Gasteiger partial charge on any atom is 0.277 e. The summed E-state index contributed by atoms with van der Waals surface area (Å²) >= 11 is 6.58. The van der Waals surface area contributed by atoms with Crippen molar-refractivity contribution < 1.29 is 19.4 Å². The van der Waals surface area contributed by atoms with Crippen molar-refractivity contribution in [3.05, 3.63) is 50.9 Å². The number of benzene rings is 2. The number of rotatable bonds is 7. The molecule has 0 aliphatic carbocycles. The summed E-state index contributed by atoms with van der Waals surface area (Å²) in [6.45, 7) is 2.08. The molecular formula is C17H16Br2N2O4. The lowest BCUT2D eigenvalue weighted by Crippen LogP contribution is -2.24. The normalized spacial score (nSPS) is 10.7. The Hall–Kier alpha value is -2.06. The second kappa shape index (κ2) is 9.43. The summed E-state index contributed by atoms with van der Waals surface area (Å²) in [5, 5.41) is 13.7. The number of hydrazone groups is 1. The molecule has 8 heteroatoms. The average Bonchev–Trinajstić information content (AvgIpc) is 2.58. The van der Waals surface area contributed by atoms with Crippen molar-refractivity contribution in [1.29, 1.82) is 0 Å². The zero-order chi connectivity index (χ0) is 18.2. The van der Waals surface area contributed by atoms with Gasteiger partial charge in [0, 0.05) is 0 Å². The number of amides is 1. The van der Waals surface area contributed by atoms with Gasteiger partial charge in [-0.1, -0.05) is 12.1 Å². The van der Waals surface area contributed by atoms with Gasteiger partial charge in [0.05, 0.1) is 21.8 Å². The molecule has 0 atom stereocenters. The van der Waals surface area contributed by atoms with Gasteiger partial charge in [0.1, 0.15) is 5.75 Å². The van der Waals surface area contributed by atoms with Crippen LogP contribution in [0.5, 0.6) is 17.2 Å². The topological polar surface area (TPSA) is 80.2 Å². The highest BCUT2D eigenvalue weighted by atomic mass is 79.9. The first-order valence-corrected chi connectivity index (χ1v) is 8.94. The van der Waals surface area contributed by atoms with E-state index < -0.39 is 5.91 Å². The number of carbonyl (C=O) groups is 1. The van der Waals surface area contributed by atoms with Crippen LogP contribution in [0.15, 0.2) is 50.4 Å². The molecule has 0 saturated heterocycles. The molecule has 0 heterocycles. The summed E-state index contributed by atoms with van der Waals surface area (Å²) in [6.07, 6.45) is 1.45. The van der Waals surface area contributed by atoms with Gasteiger partial charge in [0.15, 0.2) is 18.1 Å². The molecule has 6 nitrogen and oxygen atoms in total. The maximum atomic E-state index is 11.8. The highest BCUT2D eigenvalue weighted by molar-refractivity contribution is 9.10. The Balaban J connectivity index is 1.92. The molecule has 0 radical (unpaired) electrons. The van der Waals surface area contributed by atoms with Crippen molar-refractivity contribution in [3.63, 3.8) is 0 Å². The number of para-hydroxylation sites is 1. The van der Waals surface area contributed by atoms with Crippen molar-refractivity contribution in [1.82, 2.24) is 5.43 Å². The maximum absolute atomic E-state index is 11.8. The van der Waals surface area contributed by atoms with E-state index in [4.69, 9.17) is 9.47 Å². The van der Waals surface area contributed by atoms with E-state index in [1.165, 1.54) is 6.21 Å². The van der Waals surface area contributed by atoms with E-state index in [0.717, 1.165) is 4.47 Å². The molecule has 2 rings (SSSR count). The number of ether oxygens (including phenoxy) is 2. The van der Waals surface area contributed by atoms with Crippen LogP contribution in [-0.4, -0.2) is 30.4 Å². The molecule has 0 aromatic heterocycles. The molecule has 0 aliphatic rings. The first-order valence-electron chi connectivity index (χ1n) is 7.35. The number of nitrogens with one attached hydrogen (secondary N) is 1. The van der Waals surface area contributed by atoms with Gasteiger partial charge in [-0.3, -0.25) is 4.79 Å². The van der Waals surface area contributed by atoms with Gasteiger partial charge in [0.2, 0.25) is 0 Å². The van der Waals surface area contributed by atoms with E-state index in [2.05, 4.69) is 42.4 Å². The van der Waals surface area contributed by atoms with Crippen molar-refractivity contribution in [2.75, 3.05) is 13.2 Å². The minimum Gasteiger partial charge on any atom is -0.503 e. The molecule has 2 aromatic carbocycles. The molecular weight excluding hydrogens is 456 g/mol. The van der Waals surface area contributed by atoms with Crippen molar-refractivity contribution >= 4 is 44.0 Å². The van der Waals surface area contributed by atoms with Crippen LogP contribution in [0.2, 0.25) is 0 Å². The summed E-state index contributed by atoms with van der Waals surface area (Å²) < 4.78 is 12.0. The number of hydrogen-bond donors (Lipinski definition) is 2. The second-order valence-electron chi connectivity index (χ2n) is 4.79. The van der Waals surface area contributed by atoms with E-state index in [9.17, 15) is 9.90 Å². The van der Waals surface area contributed by atoms with Crippen LogP contribution >= 0.6 is 31.9 Å². The van der Waals surface area contributed by atoms with E-state index in [1.54, 1.807) is 18.2 Å². The zero-order valence-corrected chi connectivity index (χ0v) is 16.5. The Kier molecular flexibility index (Phi) is 7.27. The Labute approximate surface area is 162 Å². The molecule has 0 spiro atoms. The zero-order valence-electron chi connectivity index (χ0n) is 13.3. The number of phenols is 1. The molecule has 0 saturated carbocycles. The van der Waals surface area contributed by atoms with E-state index in [1.807, 2.05) is 25.1 Å². The van der Waals surface area contributed by atoms with Gasteiger partial charge in [-0.2, -0.15) is 5.10 Å². The van der Waals surface area contributed by atoms with Crippen LogP contribution < -0.4 is 14.9 Å². The predicted octanol–water partition coefficient (Wildman–Crippen LogP) is 3.85. The summed E-state index contributed by atoms with van der Waals surface area (Å²) in [5.74, 6) is 0.534. The van der Waals surface area contributed by atoms with Crippen LogP contribution in [0.4, 0.5) is 0 Å². The van der Waals surface area contributed by atoms with E-state index >= 15 is 0 Å². The van der Waals surface area contributed by atoms with Crippen molar-refractivity contribution in [2.45, 2.75) is 6.92 Å². The second-order valence-corrected chi connectivity index (χ2v) is 6.50. The molecule has 2 N–H and O–H groups in total. The van der Waals surface area contributed by atoms with E-state index in [-0.39, 0.29) is 12.4 Å². The third-order valence-electron chi connectivity index (χ3n) is 2.95. The third kappa shape index (κ3) is 5.75. The fourth-order valence-electron chi connectivity index (χ4n) is 1.85. The lowest BCUT2D eigenvalue weighted by molar-refractivity contribution is -0.123. The molecule has 132 valence electrons. The molecule has 0 bridgehead atoms. The number of hydrogen-bond acceptors (Lipinski definition) is 5. The smallest absolute Gasteiger partial charge is 0.277 e. The summed E-state index contributed by atoms with van der Waals surface area (Å²) in [7, 11) is 0. The Bertz CT molecular complexity index is 781.